The van der Waals surface area contributed by atoms with Gasteiger partial charge in [0.05, 0.1) is 0 Å². The lowest BCUT2D eigenvalue weighted by atomic mass is 9.84. The summed E-state index contributed by atoms with van der Waals surface area (Å²) in [6, 6.07) is 0. The number of nitrogens with zero attached hydrogens (tertiary/aromatic N) is 2. The Morgan fingerprint density at radius 1 is 1.17 bits per heavy atom. The van der Waals surface area contributed by atoms with Crippen molar-refractivity contribution in [1.82, 2.24) is 9.80 Å². The number of thiocarbonyl (C=S) groups is 1. The van der Waals surface area contributed by atoms with Crippen LogP contribution in [0.4, 0.5) is 0 Å². The van der Waals surface area contributed by atoms with Crippen LogP contribution in [0.5, 0.6) is 0 Å². The zero-order valence-electron chi connectivity index (χ0n) is 11.7. The fourth-order valence-electron chi connectivity index (χ4n) is 3.08. The van der Waals surface area contributed by atoms with Crippen LogP contribution in [0.15, 0.2) is 0 Å². The second kappa shape index (κ2) is 7.11. The van der Waals surface area contributed by atoms with Crippen LogP contribution in [0, 0.1) is 11.8 Å². The van der Waals surface area contributed by atoms with Gasteiger partial charge in [-0.3, -0.25) is 0 Å². The molecule has 2 heterocycles. The molecule has 3 fully saturated rings. The molecule has 0 amide bonds. The third kappa shape index (κ3) is 4.39. The van der Waals surface area contributed by atoms with Gasteiger partial charge in [-0.05, 0) is 64.6 Å². The molecule has 2 bridgehead atoms. The number of rotatable bonds is 4. The molecule has 1 aliphatic carbocycles. The minimum absolute atomic E-state index is 0.920. The lowest BCUT2D eigenvalue weighted by Gasteiger charge is -2.25. The zero-order chi connectivity index (χ0) is 13.0. The van der Waals surface area contributed by atoms with E-state index < -0.39 is 0 Å². The van der Waals surface area contributed by atoms with Crippen molar-refractivity contribution in [3.8, 4) is 0 Å². The number of thioether (sulfide) groups is 1. The molecule has 3 rings (SSSR count). The second-order valence-corrected chi connectivity index (χ2v) is 7.79. The average molecular weight is 287 g/mol. The normalized spacial score (nSPS) is 27.6. The second-order valence-electron chi connectivity index (χ2n) is 6.06. The zero-order valence-corrected chi connectivity index (χ0v) is 13.4. The Kier molecular flexibility index (Phi) is 5.77. The smallest absolute Gasteiger partial charge is 0.136 e. The average Bonchev–Trinajstić information content (AvgIpc) is 2.67. The van der Waals surface area contributed by atoms with E-state index in [0.717, 1.165) is 16.2 Å². The van der Waals surface area contributed by atoms with Crippen molar-refractivity contribution in [2.24, 2.45) is 11.8 Å². The van der Waals surface area contributed by atoms with E-state index >= 15 is 0 Å². The summed E-state index contributed by atoms with van der Waals surface area (Å²) in [4.78, 5) is 4.75. The highest BCUT2D eigenvalue weighted by Crippen LogP contribution is 2.34. The molecule has 0 unspecified atom stereocenters. The van der Waals surface area contributed by atoms with Gasteiger partial charge in [-0.15, -0.1) is 0 Å². The fraction of sp³-hybridized carbons (Fsp3) is 0.929. The first kappa shape index (κ1) is 14.6. The highest BCUT2D eigenvalue weighted by molar-refractivity contribution is 8.22. The fourth-order valence-corrected chi connectivity index (χ4v) is 4.25. The van der Waals surface area contributed by atoms with Crippen molar-refractivity contribution in [1.29, 1.82) is 0 Å². The summed E-state index contributed by atoms with van der Waals surface area (Å²) >= 11 is 7.52. The molecule has 0 N–H and O–H groups in total. The van der Waals surface area contributed by atoms with Crippen LogP contribution in [0.1, 0.15) is 32.1 Å². The maximum Gasteiger partial charge on any atom is 0.136 e. The third-order valence-electron chi connectivity index (χ3n) is 4.16. The highest BCUT2D eigenvalue weighted by atomic mass is 32.2. The van der Waals surface area contributed by atoms with Gasteiger partial charge in [0.1, 0.15) is 4.32 Å². The SMILES string of the molecule is CN(C)CCCSC(=S)N1CC2CCC(CC2)C1. The van der Waals surface area contributed by atoms with E-state index in [1.54, 1.807) is 0 Å². The first-order chi connectivity index (χ1) is 8.65. The Hall–Kier alpha value is 0.200. The predicted octanol–water partition coefficient (Wildman–Crippen LogP) is 3.08. The van der Waals surface area contributed by atoms with Gasteiger partial charge < -0.3 is 9.80 Å². The standard InChI is InChI=1S/C14H26N2S2/c1-15(2)8-3-9-18-14(17)16-10-12-4-5-13(11-16)7-6-12/h12-13H,3-11H2,1-2H3. The molecule has 1 saturated carbocycles. The van der Waals surface area contributed by atoms with Gasteiger partial charge in [0.15, 0.2) is 0 Å². The van der Waals surface area contributed by atoms with Crippen LogP contribution in [-0.2, 0) is 0 Å². The van der Waals surface area contributed by atoms with Crippen molar-refractivity contribution in [3.05, 3.63) is 0 Å². The van der Waals surface area contributed by atoms with E-state index in [0.29, 0.717) is 0 Å². The van der Waals surface area contributed by atoms with Gasteiger partial charge in [-0.1, -0.05) is 24.0 Å². The highest BCUT2D eigenvalue weighted by Gasteiger charge is 2.30. The van der Waals surface area contributed by atoms with Gasteiger partial charge in [0, 0.05) is 18.8 Å². The molecule has 2 nitrogen and oxygen atoms in total. The minimum Gasteiger partial charge on any atom is -0.357 e. The molecule has 0 aromatic carbocycles. The van der Waals surface area contributed by atoms with Crippen molar-refractivity contribution in [2.75, 3.05) is 39.5 Å². The monoisotopic (exact) mass is 286 g/mol. The molecule has 104 valence electrons. The molecule has 0 aromatic rings. The molecular formula is C14H26N2S2. The molecular weight excluding hydrogens is 260 g/mol. The Balaban J connectivity index is 1.72. The number of fused-ring (bicyclic) bond motifs is 4. The van der Waals surface area contributed by atoms with Crippen molar-refractivity contribution >= 4 is 28.3 Å². The van der Waals surface area contributed by atoms with E-state index in [1.807, 2.05) is 11.8 Å². The van der Waals surface area contributed by atoms with Crippen LogP contribution in [0.25, 0.3) is 0 Å². The summed E-state index contributed by atoms with van der Waals surface area (Å²) in [7, 11) is 4.27. The Morgan fingerprint density at radius 2 is 1.72 bits per heavy atom. The summed E-state index contributed by atoms with van der Waals surface area (Å²) < 4.78 is 1.16. The van der Waals surface area contributed by atoms with Crippen LogP contribution in [-0.4, -0.2) is 53.6 Å². The first-order valence-corrected chi connectivity index (χ1v) is 8.61. The number of hydrogen-bond donors (Lipinski definition) is 0. The third-order valence-corrected chi connectivity index (χ3v) is 5.77. The lowest BCUT2D eigenvalue weighted by molar-refractivity contribution is 0.326. The van der Waals surface area contributed by atoms with Crippen LogP contribution >= 0.6 is 24.0 Å². The Morgan fingerprint density at radius 3 is 2.22 bits per heavy atom. The van der Waals surface area contributed by atoms with Crippen molar-refractivity contribution in [2.45, 2.75) is 32.1 Å². The Bertz CT molecular complexity index is 259. The maximum atomic E-state index is 5.62. The minimum atomic E-state index is 0.920. The molecule has 0 radical (unpaired) electrons. The van der Waals surface area contributed by atoms with Crippen LogP contribution < -0.4 is 0 Å². The van der Waals surface area contributed by atoms with Gasteiger partial charge >= 0.3 is 0 Å². The summed E-state index contributed by atoms with van der Waals surface area (Å²) in [5.74, 6) is 3.01. The van der Waals surface area contributed by atoms with Gasteiger partial charge in [0.25, 0.3) is 0 Å². The van der Waals surface area contributed by atoms with Crippen LogP contribution in [0.3, 0.4) is 0 Å². The van der Waals surface area contributed by atoms with Gasteiger partial charge in [0.2, 0.25) is 0 Å². The van der Waals surface area contributed by atoms with E-state index in [2.05, 4.69) is 23.9 Å². The maximum absolute atomic E-state index is 5.62. The van der Waals surface area contributed by atoms with E-state index in [-0.39, 0.29) is 0 Å². The molecule has 0 atom stereocenters. The summed E-state index contributed by atoms with van der Waals surface area (Å²) in [5, 5.41) is 0. The summed E-state index contributed by atoms with van der Waals surface area (Å²) in [5.41, 5.74) is 0. The molecule has 2 aliphatic heterocycles. The van der Waals surface area contributed by atoms with Gasteiger partial charge in [-0.2, -0.15) is 0 Å². The molecule has 2 saturated heterocycles. The van der Waals surface area contributed by atoms with Gasteiger partial charge in [-0.25, -0.2) is 0 Å². The lowest BCUT2D eigenvalue weighted by Crippen LogP contribution is -2.32. The van der Waals surface area contributed by atoms with Crippen molar-refractivity contribution in [3.63, 3.8) is 0 Å². The summed E-state index contributed by atoms with van der Waals surface area (Å²) in [6.07, 6.45) is 6.99. The van der Waals surface area contributed by atoms with E-state index in [4.69, 9.17) is 12.2 Å². The van der Waals surface area contributed by atoms with E-state index in [9.17, 15) is 0 Å². The van der Waals surface area contributed by atoms with Crippen molar-refractivity contribution < 1.29 is 0 Å². The topological polar surface area (TPSA) is 6.48 Å². The first-order valence-electron chi connectivity index (χ1n) is 7.21. The predicted molar refractivity (Wildman–Crippen MR) is 85.2 cm³/mol. The largest absolute Gasteiger partial charge is 0.357 e. The molecule has 18 heavy (non-hydrogen) atoms. The molecule has 4 heteroatoms. The molecule has 3 aliphatic rings. The molecule has 0 spiro atoms. The quantitative estimate of drug-likeness (QED) is 0.578. The van der Waals surface area contributed by atoms with Crippen LogP contribution in [0.2, 0.25) is 0 Å². The Labute approximate surface area is 121 Å². The number of hydrogen-bond acceptors (Lipinski definition) is 3. The molecule has 0 aromatic heterocycles. The summed E-state index contributed by atoms with van der Waals surface area (Å²) in [6.45, 7) is 3.63. The van der Waals surface area contributed by atoms with E-state index in [1.165, 1.54) is 57.5 Å².